The number of carboxylic acids is 1. The molecule has 15 heavy (non-hydrogen) atoms. The summed E-state index contributed by atoms with van der Waals surface area (Å²) in [6.07, 6.45) is 4.93. The van der Waals surface area contributed by atoms with Gasteiger partial charge in [0.15, 0.2) is 0 Å². The van der Waals surface area contributed by atoms with Gasteiger partial charge in [-0.1, -0.05) is 12.1 Å². The van der Waals surface area contributed by atoms with E-state index in [0.717, 1.165) is 30.9 Å². The van der Waals surface area contributed by atoms with E-state index in [9.17, 15) is 9.18 Å². The molecule has 78 valence electrons. The van der Waals surface area contributed by atoms with Crippen molar-refractivity contribution >= 4 is 11.5 Å². The third-order valence-electron chi connectivity index (χ3n) is 2.60. The second-order valence-electron chi connectivity index (χ2n) is 3.62. The molecule has 1 N–H and O–H groups in total. The summed E-state index contributed by atoms with van der Waals surface area (Å²) in [7, 11) is 0. The van der Waals surface area contributed by atoms with E-state index in [4.69, 9.17) is 5.11 Å². The highest BCUT2D eigenvalue weighted by molar-refractivity contribution is 5.94. The van der Waals surface area contributed by atoms with Gasteiger partial charge in [-0.25, -0.2) is 9.18 Å². The molecule has 0 atom stereocenters. The van der Waals surface area contributed by atoms with Gasteiger partial charge in [0.05, 0.1) is 5.56 Å². The van der Waals surface area contributed by atoms with Gasteiger partial charge in [0.2, 0.25) is 0 Å². The lowest BCUT2D eigenvalue weighted by Crippen LogP contribution is -2.02. The van der Waals surface area contributed by atoms with Crippen LogP contribution in [0.3, 0.4) is 0 Å². The lowest BCUT2D eigenvalue weighted by molar-refractivity contribution is 0.0696. The van der Waals surface area contributed by atoms with Crippen molar-refractivity contribution in [1.29, 1.82) is 0 Å². The van der Waals surface area contributed by atoms with Gasteiger partial charge < -0.3 is 5.11 Å². The molecule has 0 heterocycles. The number of hydrogen-bond acceptors (Lipinski definition) is 1. The smallest absolute Gasteiger partial charge is 0.336 e. The molecule has 1 aromatic rings. The van der Waals surface area contributed by atoms with Crippen molar-refractivity contribution in [3.63, 3.8) is 0 Å². The molecule has 0 fully saturated rings. The second kappa shape index (κ2) is 3.85. The van der Waals surface area contributed by atoms with E-state index in [2.05, 4.69) is 0 Å². The van der Waals surface area contributed by atoms with E-state index in [1.165, 1.54) is 6.07 Å². The molecule has 0 radical (unpaired) electrons. The molecule has 3 heteroatoms. The van der Waals surface area contributed by atoms with Gasteiger partial charge in [-0.2, -0.15) is 0 Å². The lowest BCUT2D eigenvalue weighted by Gasteiger charge is -2.06. The van der Waals surface area contributed by atoms with Crippen LogP contribution in [-0.4, -0.2) is 11.1 Å². The van der Waals surface area contributed by atoms with Crippen molar-refractivity contribution in [3.8, 4) is 0 Å². The maximum Gasteiger partial charge on any atom is 0.336 e. The van der Waals surface area contributed by atoms with Crippen molar-refractivity contribution in [2.24, 2.45) is 0 Å². The van der Waals surface area contributed by atoms with Gasteiger partial charge in [0.25, 0.3) is 0 Å². The molecule has 0 bridgehead atoms. The van der Waals surface area contributed by atoms with Crippen LogP contribution in [0.5, 0.6) is 0 Å². The van der Waals surface area contributed by atoms with E-state index >= 15 is 0 Å². The highest BCUT2D eigenvalue weighted by atomic mass is 19.1. The summed E-state index contributed by atoms with van der Waals surface area (Å²) in [6.45, 7) is 0. The van der Waals surface area contributed by atoms with Crippen LogP contribution in [0.15, 0.2) is 24.3 Å². The number of rotatable bonds is 2. The Morgan fingerprint density at radius 2 is 2.20 bits per heavy atom. The summed E-state index contributed by atoms with van der Waals surface area (Å²) in [5, 5.41) is 8.96. The highest BCUT2D eigenvalue weighted by Crippen LogP contribution is 2.30. The quantitative estimate of drug-likeness (QED) is 0.807. The second-order valence-corrected chi connectivity index (χ2v) is 3.62. The van der Waals surface area contributed by atoms with Crippen molar-refractivity contribution in [2.75, 3.05) is 0 Å². The molecule has 0 saturated heterocycles. The zero-order chi connectivity index (χ0) is 10.8. The van der Waals surface area contributed by atoms with Gasteiger partial charge in [-0.3, -0.25) is 0 Å². The minimum atomic E-state index is -1.07. The molecule has 0 unspecified atom stereocenters. The number of aromatic carboxylic acids is 1. The number of benzene rings is 1. The normalized spacial score (nSPS) is 15.1. The molecule has 1 aliphatic rings. The zero-order valence-corrected chi connectivity index (χ0v) is 8.16. The van der Waals surface area contributed by atoms with E-state index in [1.54, 1.807) is 6.07 Å². The maximum atomic E-state index is 12.9. The first-order chi connectivity index (χ1) is 7.18. The summed E-state index contributed by atoms with van der Waals surface area (Å²) < 4.78 is 12.9. The van der Waals surface area contributed by atoms with Crippen molar-refractivity contribution < 1.29 is 14.3 Å². The van der Waals surface area contributed by atoms with Crippen LogP contribution in [0, 0.1) is 5.82 Å². The Morgan fingerprint density at radius 1 is 1.40 bits per heavy atom. The fourth-order valence-electron chi connectivity index (χ4n) is 1.89. The lowest BCUT2D eigenvalue weighted by atomic mass is 9.99. The number of allylic oxidation sites excluding steroid dienone is 2. The number of carboxylic acid groups (broad SMARTS) is 1. The summed E-state index contributed by atoms with van der Waals surface area (Å²) in [5.74, 6) is -1.58. The van der Waals surface area contributed by atoms with E-state index < -0.39 is 11.8 Å². The summed E-state index contributed by atoms with van der Waals surface area (Å²) in [5.41, 5.74) is 1.73. The Balaban J connectivity index is 2.50. The maximum absolute atomic E-state index is 12.9. The summed E-state index contributed by atoms with van der Waals surface area (Å²) in [4.78, 5) is 10.9. The molecule has 0 spiro atoms. The van der Waals surface area contributed by atoms with Crippen molar-refractivity contribution in [1.82, 2.24) is 0 Å². The molecule has 0 aliphatic heterocycles. The third kappa shape index (κ3) is 1.91. The number of carbonyl (C=O) groups is 1. The monoisotopic (exact) mass is 206 g/mol. The van der Waals surface area contributed by atoms with Gasteiger partial charge in [0, 0.05) is 0 Å². The molecule has 1 aliphatic carbocycles. The fourth-order valence-corrected chi connectivity index (χ4v) is 1.89. The molecule has 2 nitrogen and oxygen atoms in total. The SMILES string of the molecule is O=C(O)c1cc(F)ccc1C1=CCCC1. The summed E-state index contributed by atoms with van der Waals surface area (Å²) in [6, 6.07) is 3.94. The molecule has 2 rings (SSSR count). The third-order valence-corrected chi connectivity index (χ3v) is 2.60. The average Bonchev–Trinajstić information content (AvgIpc) is 2.70. The van der Waals surface area contributed by atoms with Crippen LogP contribution in [0.25, 0.3) is 5.57 Å². The topological polar surface area (TPSA) is 37.3 Å². The van der Waals surface area contributed by atoms with Gasteiger partial charge in [-0.05, 0) is 42.5 Å². The zero-order valence-electron chi connectivity index (χ0n) is 8.16. The van der Waals surface area contributed by atoms with E-state index in [-0.39, 0.29) is 5.56 Å². The number of hydrogen-bond donors (Lipinski definition) is 1. The minimum Gasteiger partial charge on any atom is -0.478 e. The largest absolute Gasteiger partial charge is 0.478 e. The van der Waals surface area contributed by atoms with Crippen LogP contribution < -0.4 is 0 Å². The highest BCUT2D eigenvalue weighted by Gasteiger charge is 2.16. The Morgan fingerprint density at radius 3 is 2.80 bits per heavy atom. The number of halogens is 1. The van der Waals surface area contributed by atoms with E-state index in [1.807, 2.05) is 6.08 Å². The predicted octanol–water partition coefficient (Wildman–Crippen LogP) is 3.09. The molecule has 0 amide bonds. The van der Waals surface area contributed by atoms with Crippen molar-refractivity contribution in [2.45, 2.75) is 19.3 Å². The van der Waals surface area contributed by atoms with Crippen LogP contribution in [0.4, 0.5) is 4.39 Å². The van der Waals surface area contributed by atoms with Crippen molar-refractivity contribution in [3.05, 3.63) is 41.2 Å². The minimum absolute atomic E-state index is 0.0585. The standard InChI is InChI=1S/C12H11FO2/c13-9-5-6-10(8-3-1-2-4-8)11(7-9)12(14)15/h3,5-7H,1-2,4H2,(H,14,15). The Bertz CT molecular complexity index is 435. The molecule has 0 aromatic heterocycles. The van der Waals surface area contributed by atoms with Crippen LogP contribution in [0.2, 0.25) is 0 Å². The van der Waals surface area contributed by atoms with Crippen LogP contribution in [0.1, 0.15) is 35.2 Å². The molecule has 0 saturated carbocycles. The van der Waals surface area contributed by atoms with Gasteiger partial charge in [-0.15, -0.1) is 0 Å². The molecule has 1 aromatic carbocycles. The Hall–Kier alpha value is -1.64. The van der Waals surface area contributed by atoms with E-state index in [0.29, 0.717) is 5.56 Å². The van der Waals surface area contributed by atoms with Crippen LogP contribution in [-0.2, 0) is 0 Å². The fraction of sp³-hybridized carbons (Fsp3) is 0.250. The predicted molar refractivity (Wildman–Crippen MR) is 55.2 cm³/mol. The van der Waals surface area contributed by atoms with Gasteiger partial charge in [0.1, 0.15) is 5.82 Å². The Kier molecular flexibility index (Phi) is 2.54. The summed E-state index contributed by atoms with van der Waals surface area (Å²) >= 11 is 0. The Labute approximate surface area is 87.0 Å². The first-order valence-electron chi connectivity index (χ1n) is 4.91. The first-order valence-corrected chi connectivity index (χ1v) is 4.91. The molecular formula is C12H11FO2. The first kappa shape index (κ1) is 9.90. The molecular weight excluding hydrogens is 195 g/mol. The van der Waals surface area contributed by atoms with Gasteiger partial charge >= 0.3 is 5.97 Å². The average molecular weight is 206 g/mol. The van der Waals surface area contributed by atoms with Crippen LogP contribution >= 0.6 is 0 Å².